The van der Waals surface area contributed by atoms with E-state index in [9.17, 15) is 4.79 Å². The highest BCUT2D eigenvalue weighted by Gasteiger charge is 2.13. The van der Waals surface area contributed by atoms with Gasteiger partial charge in [0.1, 0.15) is 0 Å². The maximum atomic E-state index is 12.6. The van der Waals surface area contributed by atoms with Crippen LogP contribution in [0.5, 0.6) is 0 Å². The summed E-state index contributed by atoms with van der Waals surface area (Å²) in [5, 5.41) is 2.03. The molecule has 25 heavy (non-hydrogen) atoms. The van der Waals surface area contributed by atoms with Crippen molar-refractivity contribution in [3.8, 4) is 0 Å². The zero-order valence-corrected chi connectivity index (χ0v) is 16.9. The SMILES string of the molecule is CN(Cc1cc(Br)cs1)C(=O)c1ccc(SCc2cccnc2)cc1. The zero-order valence-electron chi connectivity index (χ0n) is 13.7. The molecule has 0 aliphatic carbocycles. The number of hydrogen-bond acceptors (Lipinski definition) is 4. The quantitative estimate of drug-likeness (QED) is 0.484. The first kappa shape index (κ1) is 18.2. The van der Waals surface area contributed by atoms with Crippen LogP contribution in [0.3, 0.4) is 0 Å². The lowest BCUT2D eigenvalue weighted by atomic mass is 10.2. The smallest absolute Gasteiger partial charge is 0.253 e. The van der Waals surface area contributed by atoms with Crippen LogP contribution in [0, 0.1) is 0 Å². The van der Waals surface area contributed by atoms with E-state index in [0.717, 1.165) is 20.0 Å². The van der Waals surface area contributed by atoms with Crippen LogP contribution in [0.1, 0.15) is 20.8 Å². The number of pyridine rings is 1. The van der Waals surface area contributed by atoms with E-state index < -0.39 is 0 Å². The van der Waals surface area contributed by atoms with E-state index >= 15 is 0 Å². The van der Waals surface area contributed by atoms with Crippen LogP contribution in [-0.4, -0.2) is 22.8 Å². The van der Waals surface area contributed by atoms with Gasteiger partial charge in [-0.1, -0.05) is 6.07 Å². The van der Waals surface area contributed by atoms with Gasteiger partial charge in [-0.3, -0.25) is 9.78 Å². The number of rotatable bonds is 6. The molecule has 0 aliphatic rings. The van der Waals surface area contributed by atoms with Gasteiger partial charge in [-0.05, 0) is 57.9 Å². The van der Waals surface area contributed by atoms with Crippen molar-refractivity contribution in [2.24, 2.45) is 0 Å². The van der Waals surface area contributed by atoms with E-state index in [2.05, 4.69) is 27.0 Å². The highest BCUT2D eigenvalue weighted by molar-refractivity contribution is 9.10. The Bertz CT molecular complexity index is 834. The molecule has 0 spiro atoms. The monoisotopic (exact) mass is 432 g/mol. The molecule has 128 valence electrons. The van der Waals surface area contributed by atoms with E-state index in [-0.39, 0.29) is 5.91 Å². The van der Waals surface area contributed by atoms with Crippen molar-refractivity contribution in [2.45, 2.75) is 17.2 Å². The molecule has 0 N–H and O–H groups in total. The summed E-state index contributed by atoms with van der Waals surface area (Å²) in [5.41, 5.74) is 1.90. The van der Waals surface area contributed by atoms with Crippen molar-refractivity contribution in [1.82, 2.24) is 9.88 Å². The zero-order chi connectivity index (χ0) is 17.6. The Morgan fingerprint density at radius 1 is 1.28 bits per heavy atom. The van der Waals surface area contributed by atoms with Crippen LogP contribution < -0.4 is 0 Å². The molecule has 0 fully saturated rings. The number of thiophene rings is 1. The maximum Gasteiger partial charge on any atom is 0.253 e. The normalized spacial score (nSPS) is 10.6. The standard InChI is InChI=1S/C19H17BrN2OS2/c1-22(11-18-9-16(20)13-25-18)19(23)15-4-6-17(7-5-15)24-12-14-3-2-8-21-10-14/h2-10,13H,11-12H2,1H3. The lowest BCUT2D eigenvalue weighted by Crippen LogP contribution is -2.25. The minimum atomic E-state index is 0.0355. The number of carbonyl (C=O) groups excluding carboxylic acids is 1. The van der Waals surface area contributed by atoms with Gasteiger partial charge in [0.05, 0.1) is 6.54 Å². The molecule has 2 heterocycles. The van der Waals surface area contributed by atoms with E-state index in [1.165, 1.54) is 5.56 Å². The lowest BCUT2D eigenvalue weighted by molar-refractivity contribution is 0.0786. The van der Waals surface area contributed by atoms with Crippen LogP contribution >= 0.6 is 39.0 Å². The predicted molar refractivity (Wildman–Crippen MR) is 108 cm³/mol. The number of hydrogen-bond donors (Lipinski definition) is 0. The number of halogens is 1. The third-order valence-electron chi connectivity index (χ3n) is 3.59. The lowest BCUT2D eigenvalue weighted by Gasteiger charge is -2.16. The van der Waals surface area contributed by atoms with E-state index in [1.807, 2.05) is 55.0 Å². The number of nitrogens with zero attached hydrogens (tertiary/aromatic N) is 2. The Morgan fingerprint density at radius 3 is 2.72 bits per heavy atom. The van der Waals surface area contributed by atoms with Crippen molar-refractivity contribution in [3.63, 3.8) is 0 Å². The highest BCUT2D eigenvalue weighted by Crippen LogP contribution is 2.24. The van der Waals surface area contributed by atoms with Crippen molar-refractivity contribution in [3.05, 3.63) is 80.7 Å². The van der Waals surface area contributed by atoms with Gasteiger partial charge < -0.3 is 4.90 Å². The van der Waals surface area contributed by atoms with Gasteiger partial charge in [0, 0.05) is 50.4 Å². The molecule has 1 amide bonds. The van der Waals surface area contributed by atoms with Crippen LogP contribution in [-0.2, 0) is 12.3 Å². The average molecular weight is 433 g/mol. The average Bonchev–Trinajstić information content (AvgIpc) is 3.05. The Morgan fingerprint density at radius 2 is 2.08 bits per heavy atom. The van der Waals surface area contributed by atoms with Gasteiger partial charge in [-0.25, -0.2) is 0 Å². The third kappa shape index (κ3) is 5.17. The summed E-state index contributed by atoms with van der Waals surface area (Å²) >= 11 is 6.83. The van der Waals surface area contributed by atoms with E-state index in [1.54, 1.807) is 34.2 Å². The van der Waals surface area contributed by atoms with Gasteiger partial charge in [0.15, 0.2) is 0 Å². The summed E-state index contributed by atoms with van der Waals surface area (Å²) in [6, 6.07) is 13.9. The van der Waals surface area contributed by atoms with Crippen molar-refractivity contribution in [1.29, 1.82) is 0 Å². The summed E-state index contributed by atoms with van der Waals surface area (Å²) in [5.74, 6) is 0.905. The van der Waals surface area contributed by atoms with Gasteiger partial charge in [-0.2, -0.15) is 0 Å². The first-order valence-corrected chi connectivity index (χ1v) is 10.4. The molecule has 2 aromatic heterocycles. The molecule has 0 radical (unpaired) electrons. The molecule has 3 aromatic rings. The minimum Gasteiger partial charge on any atom is -0.337 e. The third-order valence-corrected chi connectivity index (χ3v) is 6.36. The fraction of sp³-hybridized carbons (Fsp3) is 0.158. The molecule has 6 heteroatoms. The summed E-state index contributed by atoms with van der Waals surface area (Å²) in [7, 11) is 1.83. The van der Waals surface area contributed by atoms with E-state index in [4.69, 9.17) is 0 Å². The van der Waals surface area contributed by atoms with Crippen molar-refractivity contribution in [2.75, 3.05) is 7.05 Å². The van der Waals surface area contributed by atoms with Crippen molar-refractivity contribution < 1.29 is 4.79 Å². The van der Waals surface area contributed by atoms with Crippen LogP contribution in [0.15, 0.2) is 69.6 Å². The van der Waals surface area contributed by atoms with Gasteiger partial charge >= 0.3 is 0 Å². The minimum absolute atomic E-state index is 0.0355. The number of aromatic nitrogens is 1. The second-order valence-corrected chi connectivity index (χ2v) is 8.53. The summed E-state index contributed by atoms with van der Waals surface area (Å²) in [6.45, 7) is 0.618. The molecule has 3 nitrogen and oxygen atoms in total. The topological polar surface area (TPSA) is 33.2 Å². The maximum absolute atomic E-state index is 12.6. The molecule has 0 saturated carbocycles. The Labute approximate surface area is 164 Å². The Kier molecular flexibility index (Phi) is 6.29. The van der Waals surface area contributed by atoms with Gasteiger partial charge in [0.25, 0.3) is 5.91 Å². The number of amides is 1. The molecule has 1 aromatic carbocycles. The van der Waals surface area contributed by atoms with Gasteiger partial charge in [-0.15, -0.1) is 23.1 Å². The largest absolute Gasteiger partial charge is 0.337 e. The molecule has 0 atom stereocenters. The van der Waals surface area contributed by atoms with Crippen molar-refractivity contribution >= 4 is 44.9 Å². The molecule has 3 rings (SSSR count). The number of benzene rings is 1. The fourth-order valence-electron chi connectivity index (χ4n) is 2.31. The van der Waals surface area contributed by atoms with E-state index in [0.29, 0.717) is 12.1 Å². The summed E-state index contributed by atoms with van der Waals surface area (Å²) in [6.07, 6.45) is 3.66. The number of carbonyl (C=O) groups is 1. The van der Waals surface area contributed by atoms with Crippen LogP contribution in [0.25, 0.3) is 0 Å². The summed E-state index contributed by atoms with van der Waals surface area (Å²) in [4.78, 5) is 20.7. The first-order chi connectivity index (χ1) is 12.1. The highest BCUT2D eigenvalue weighted by atomic mass is 79.9. The fourth-order valence-corrected chi connectivity index (χ4v) is 4.64. The summed E-state index contributed by atoms with van der Waals surface area (Å²) < 4.78 is 1.06. The molecule has 0 unspecified atom stereocenters. The second-order valence-electron chi connectivity index (χ2n) is 5.57. The molecule has 0 bridgehead atoms. The first-order valence-electron chi connectivity index (χ1n) is 7.72. The second kappa shape index (κ2) is 8.65. The molecular weight excluding hydrogens is 416 g/mol. The molecule has 0 saturated heterocycles. The Hall–Kier alpha value is -1.63. The van der Waals surface area contributed by atoms with Crippen LogP contribution in [0.2, 0.25) is 0 Å². The predicted octanol–water partition coefficient (Wildman–Crippen LogP) is 5.47. The molecular formula is C19H17BrN2OS2. The van der Waals surface area contributed by atoms with Gasteiger partial charge in [0.2, 0.25) is 0 Å². The number of thioether (sulfide) groups is 1. The Balaban J connectivity index is 1.58. The molecule has 0 aliphatic heterocycles. The van der Waals surface area contributed by atoms with Crippen LogP contribution in [0.4, 0.5) is 0 Å².